The Hall–Kier alpha value is -2.12. The van der Waals surface area contributed by atoms with Crippen LogP contribution in [0, 0.1) is 12.7 Å². The average molecular weight is 358 g/mol. The van der Waals surface area contributed by atoms with Crippen molar-refractivity contribution in [3.8, 4) is 0 Å². The molecule has 0 unspecified atom stereocenters. The second-order valence-electron chi connectivity index (χ2n) is 4.79. The standard InChI is InChI=1S/C15H13ClFNO4S/c1-10-8-11(16)2-7-14(10)18(9-15(19)20)23(21,22)13-5-3-12(17)4-6-13/h2-8H,9H2,1H3,(H,19,20). The molecular weight excluding hydrogens is 345 g/mol. The first-order valence-electron chi connectivity index (χ1n) is 6.48. The highest BCUT2D eigenvalue weighted by Gasteiger charge is 2.28. The monoisotopic (exact) mass is 357 g/mol. The van der Waals surface area contributed by atoms with Gasteiger partial charge in [0, 0.05) is 5.02 Å². The van der Waals surface area contributed by atoms with Gasteiger partial charge in [-0.2, -0.15) is 0 Å². The number of carbonyl (C=O) groups is 1. The van der Waals surface area contributed by atoms with Crippen molar-refractivity contribution >= 4 is 33.3 Å². The summed E-state index contributed by atoms with van der Waals surface area (Å²) in [6, 6.07) is 8.61. The first-order valence-corrected chi connectivity index (χ1v) is 8.30. The van der Waals surface area contributed by atoms with E-state index in [0.717, 1.165) is 28.6 Å². The van der Waals surface area contributed by atoms with E-state index in [1.807, 2.05) is 0 Å². The summed E-state index contributed by atoms with van der Waals surface area (Å²) in [6.07, 6.45) is 0. The zero-order valence-electron chi connectivity index (χ0n) is 12.0. The number of anilines is 1. The van der Waals surface area contributed by atoms with E-state index in [-0.39, 0.29) is 10.6 Å². The van der Waals surface area contributed by atoms with Crippen molar-refractivity contribution in [1.82, 2.24) is 0 Å². The van der Waals surface area contributed by atoms with Crippen LogP contribution in [0.2, 0.25) is 5.02 Å². The van der Waals surface area contributed by atoms with Gasteiger partial charge in [0.25, 0.3) is 10.0 Å². The predicted molar refractivity (Wildman–Crippen MR) is 84.8 cm³/mol. The first-order chi connectivity index (χ1) is 10.7. The van der Waals surface area contributed by atoms with Crippen molar-refractivity contribution in [2.75, 3.05) is 10.8 Å². The minimum Gasteiger partial charge on any atom is -0.480 e. The van der Waals surface area contributed by atoms with E-state index in [2.05, 4.69) is 0 Å². The highest BCUT2D eigenvalue weighted by Crippen LogP contribution is 2.28. The molecule has 0 aliphatic carbocycles. The number of aliphatic carboxylic acids is 1. The summed E-state index contributed by atoms with van der Waals surface area (Å²) in [4.78, 5) is 10.9. The fourth-order valence-corrected chi connectivity index (χ4v) is 3.76. The van der Waals surface area contributed by atoms with Crippen LogP contribution >= 0.6 is 11.6 Å². The maximum Gasteiger partial charge on any atom is 0.324 e. The maximum absolute atomic E-state index is 13.0. The Bertz CT molecular complexity index is 837. The third kappa shape index (κ3) is 3.80. The SMILES string of the molecule is Cc1cc(Cl)ccc1N(CC(=O)O)S(=O)(=O)c1ccc(F)cc1. The van der Waals surface area contributed by atoms with Crippen LogP contribution < -0.4 is 4.31 Å². The smallest absolute Gasteiger partial charge is 0.324 e. The minimum absolute atomic E-state index is 0.195. The van der Waals surface area contributed by atoms with Gasteiger partial charge in [-0.05, 0) is 55.0 Å². The molecule has 0 aliphatic heterocycles. The third-order valence-corrected chi connectivity index (χ3v) is 5.12. The molecular formula is C15H13ClFNO4S. The molecule has 2 aromatic rings. The lowest BCUT2D eigenvalue weighted by Gasteiger charge is -2.24. The third-order valence-electron chi connectivity index (χ3n) is 3.11. The van der Waals surface area contributed by atoms with Crippen molar-refractivity contribution in [2.45, 2.75) is 11.8 Å². The topological polar surface area (TPSA) is 74.7 Å². The molecule has 0 heterocycles. The molecule has 23 heavy (non-hydrogen) atoms. The fraction of sp³-hybridized carbons (Fsp3) is 0.133. The van der Waals surface area contributed by atoms with Crippen LogP contribution in [0.3, 0.4) is 0 Å². The highest BCUT2D eigenvalue weighted by molar-refractivity contribution is 7.92. The van der Waals surface area contributed by atoms with Crippen LogP contribution in [-0.4, -0.2) is 26.0 Å². The Labute approximate surface area is 138 Å². The zero-order valence-corrected chi connectivity index (χ0v) is 13.6. The van der Waals surface area contributed by atoms with E-state index < -0.39 is 28.4 Å². The Morgan fingerprint density at radius 2 is 1.83 bits per heavy atom. The lowest BCUT2D eigenvalue weighted by Crippen LogP contribution is -2.36. The number of aryl methyl sites for hydroxylation is 1. The van der Waals surface area contributed by atoms with Crippen molar-refractivity contribution in [2.24, 2.45) is 0 Å². The van der Waals surface area contributed by atoms with E-state index >= 15 is 0 Å². The van der Waals surface area contributed by atoms with Gasteiger partial charge >= 0.3 is 5.97 Å². The van der Waals surface area contributed by atoms with Crippen LogP contribution in [0.15, 0.2) is 47.4 Å². The molecule has 0 radical (unpaired) electrons. The average Bonchev–Trinajstić information content (AvgIpc) is 2.45. The van der Waals surface area contributed by atoms with E-state index in [1.165, 1.54) is 18.2 Å². The molecule has 0 saturated heterocycles. The van der Waals surface area contributed by atoms with Crippen LogP contribution in [0.25, 0.3) is 0 Å². The maximum atomic E-state index is 13.0. The van der Waals surface area contributed by atoms with Crippen molar-refractivity contribution in [3.05, 3.63) is 58.9 Å². The minimum atomic E-state index is -4.16. The number of carboxylic acid groups (broad SMARTS) is 1. The zero-order chi connectivity index (χ0) is 17.2. The van der Waals surface area contributed by atoms with Gasteiger partial charge in [0.1, 0.15) is 12.4 Å². The van der Waals surface area contributed by atoms with Gasteiger partial charge in [-0.1, -0.05) is 11.6 Å². The molecule has 0 amide bonds. The summed E-state index contributed by atoms with van der Waals surface area (Å²) in [5.74, 6) is -1.90. The number of carboxylic acids is 1. The summed E-state index contributed by atoms with van der Waals surface area (Å²) in [5, 5.41) is 9.46. The largest absolute Gasteiger partial charge is 0.480 e. The molecule has 0 fully saturated rings. The number of nitrogens with zero attached hydrogens (tertiary/aromatic N) is 1. The molecule has 2 aromatic carbocycles. The molecule has 5 nitrogen and oxygen atoms in total. The molecule has 0 saturated carbocycles. The number of benzene rings is 2. The second kappa shape index (κ2) is 6.55. The predicted octanol–water partition coefficient (Wildman–Crippen LogP) is 3.07. The lowest BCUT2D eigenvalue weighted by molar-refractivity contribution is -0.135. The summed E-state index contributed by atoms with van der Waals surface area (Å²) < 4.78 is 39.2. The normalized spacial score (nSPS) is 11.3. The number of sulfonamides is 1. The molecule has 1 N–H and O–H groups in total. The van der Waals surface area contributed by atoms with Crippen molar-refractivity contribution < 1.29 is 22.7 Å². The Balaban J connectivity index is 2.57. The molecule has 0 spiro atoms. The molecule has 122 valence electrons. The fourth-order valence-electron chi connectivity index (χ4n) is 2.05. The molecule has 0 bridgehead atoms. The summed E-state index contributed by atoms with van der Waals surface area (Å²) in [7, 11) is -4.16. The van der Waals surface area contributed by atoms with Gasteiger partial charge in [0.05, 0.1) is 10.6 Å². The summed E-state index contributed by atoms with van der Waals surface area (Å²) in [6.45, 7) is 0.860. The van der Waals surface area contributed by atoms with Gasteiger partial charge in [-0.3, -0.25) is 9.10 Å². The van der Waals surface area contributed by atoms with Gasteiger partial charge in [0.2, 0.25) is 0 Å². The van der Waals surface area contributed by atoms with E-state index in [9.17, 15) is 17.6 Å². The van der Waals surface area contributed by atoms with Crippen LogP contribution in [0.4, 0.5) is 10.1 Å². The van der Waals surface area contributed by atoms with Gasteiger partial charge < -0.3 is 5.11 Å². The Kier molecular flexibility index (Phi) is 4.91. The highest BCUT2D eigenvalue weighted by atomic mass is 35.5. The van der Waals surface area contributed by atoms with E-state index in [0.29, 0.717) is 10.6 Å². The van der Waals surface area contributed by atoms with Crippen LogP contribution in [0.1, 0.15) is 5.56 Å². The molecule has 0 atom stereocenters. The molecule has 2 rings (SSSR count). The quantitative estimate of drug-likeness (QED) is 0.892. The number of halogens is 2. The Morgan fingerprint density at radius 3 is 2.35 bits per heavy atom. The molecule has 8 heteroatoms. The number of rotatable bonds is 5. The van der Waals surface area contributed by atoms with Gasteiger partial charge in [-0.25, -0.2) is 12.8 Å². The second-order valence-corrected chi connectivity index (χ2v) is 7.09. The lowest BCUT2D eigenvalue weighted by atomic mass is 10.2. The summed E-state index contributed by atoms with van der Waals surface area (Å²) in [5.41, 5.74) is 0.700. The van der Waals surface area contributed by atoms with Gasteiger partial charge in [-0.15, -0.1) is 0 Å². The number of hydrogen-bond donors (Lipinski definition) is 1. The molecule has 0 aliphatic rings. The van der Waals surface area contributed by atoms with Crippen LogP contribution in [0.5, 0.6) is 0 Å². The number of hydrogen-bond acceptors (Lipinski definition) is 3. The van der Waals surface area contributed by atoms with Crippen molar-refractivity contribution in [1.29, 1.82) is 0 Å². The van der Waals surface area contributed by atoms with Gasteiger partial charge in [0.15, 0.2) is 0 Å². The van der Waals surface area contributed by atoms with E-state index in [1.54, 1.807) is 6.92 Å². The first kappa shape index (κ1) is 17.2. The molecule has 0 aromatic heterocycles. The van der Waals surface area contributed by atoms with E-state index in [4.69, 9.17) is 16.7 Å². The van der Waals surface area contributed by atoms with Crippen molar-refractivity contribution in [3.63, 3.8) is 0 Å². The van der Waals surface area contributed by atoms with Crippen LogP contribution in [-0.2, 0) is 14.8 Å². The Morgan fingerprint density at radius 1 is 1.22 bits per heavy atom. The summed E-state index contributed by atoms with van der Waals surface area (Å²) >= 11 is 5.85.